The van der Waals surface area contributed by atoms with Crippen molar-refractivity contribution in [1.82, 2.24) is 15.1 Å². The number of likely N-dealkylation sites (tertiary alicyclic amines) is 2. The summed E-state index contributed by atoms with van der Waals surface area (Å²) in [5.41, 5.74) is 0. The Morgan fingerprint density at radius 2 is 1.86 bits per heavy atom. The van der Waals surface area contributed by atoms with Gasteiger partial charge in [0.1, 0.15) is 0 Å². The molecule has 1 amide bonds. The maximum absolute atomic E-state index is 12.3. The molecule has 0 bridgehead atoms. The number of nitrogens with zero attached hydrogens (tertiary/aromatic N) is 2. The highest BCUT2D eigenvalue weighted by atomic mass is 16.1. The van der Waals surface area contributed by atoms with Gasteiger partial charge in [0.15, 0.2) is 0 Å². The van der Waals surface area contributed by atoms with Gasteiger partial charge >= 0.3 is 0 Å². The summed E-state index contributed by atoms with van der Waals surface area (Å²) >= 11 is 0. The minimum absolute atomic E-state index is 0.238. The van der Waals surface area contributed by atoms with E-state index in [2.05, 4.69) is 35.9 Å². The number of piperidine rings is 2. The minimum Gasteiger partial charge on any atom is -0.355 e. The van der Waals surface area contributed by atoms with Crippen molar-refractivity contribution >= 4 is 5.91 Å². The van der Waals surface area contributed by atoms with Crippen molar-refractivity contribution in [2.45, 2.75) is 58.9 Å². The van der Waals surface area contributed by atoms with E-state index in [0.29, 0.717) is 6.04 Å². The molecular formula is C18H35N3O. The van der Waals surface area contributed by atoms with Crippen LogP contribution in [0, 0.1) is 11.8 Å². The Balaban J connectivity index is 1.61. The van der Waals surface area contributed by atoms with E-state index in [4.69, 9.17) is 0 Å². The average Bonchev–Trinajstić information content (AvgIpc) is 2.49. The first-order chi connectivity index (χ1) is 10.6. The fourth-order valence-corrected chi connectivity index (χ4v) is 3.85. The van der Waals surface area contributed by atoms with E-state index in [0.717, 1.165) is 44.9 Å². The highest BCUT2D eigenvalue weighted by molar-refractivity contribution is 5.78. The molecule has 2 aliphatic heterocycles. The molecule has 2 aliphatic rings. The summed E-state index contributed by atoms with van der Waals surface area (Å²) in [7, 11) is 0. The Bertz CT molecular complexity index is 337. The molecule has 22 heavy (non-hydrogen) atoms. The van der Waals surface area contributed by atoms with Crippen LogP contribution in [0.5, 0.6) is 0 Å². The molecule has 0 aromatic rings. The SMILES string of the molecule is CC(C)CN1CCC(C(=O)NCCN2CCCCC2C)CC1. The molecule has 0 aromatic heterocycles. The largest absolute Gasteiger partial charge is 0.355 e. The fraction of sp³-hybridized carbons (Fsp3) is 0.944. The third-order valence-electron chi connectivity index (χ3n) is 5.22. The summed E-state index contributed by atoms with van der Waals surface area (Å²) in [6.07, 6.45) is 6.03. The maximum Gasteiger partial charge on any atom is 0.223 e. The summed E-state index contributed by atoms with van der Waals surface area (Å²) in [5, 5.41) is 3.18. The first kappa shape index (κ1) is 17.7. The molecule has 128 valence electrons. The smallest absolute Gasteiger partial charge is 0.223 e. The van der Waals surface area contributed by atoms with Gasteiger partial charge in [-0.05, 0) is 58.2 Å². The van der Waals surface area contributed by atoms with Crippen LogP contribution in [0.15, 0.2) is 0 Å². The van der Waals surface area contributed by atoms with Crippen LogP contribution in [0.3, 0.4) is 0 Å². The zero-order chi connectivity index (χ0) is 15.9. The van der Waals surface area contributed by atoms with E-state index in [1.165, 1.54) is 32.4 Å². The summed E-state index contributed by atoms with van der Waals surface area (Å²) < 4.78 is 0. The normalized spacial score (nSPS) is 25.5. The van der Waals surface area contributed by atoms with Crippen LogP contribution in [0.25, 0.3) is 0 Å². The predicted octanol–water partition coefficient (Wildman–Crippen LogP) is 2.34. The molecule has 0 aliphatic carbocycles. The maximum atomic E-state index is 12.3. The van der Waals surface area contributed by atoms with E-state index in [1.807, 2.05) is 0 Å². The Morgan fingerprint density at radius 1 is 1.14 bits per heavy atom. The Labute approximate surface area is 136 Å². The first-order valence-corrected chi connectivity index (χ1v) is 9.30. The number of carbonyl (C=O) groups excluding carboxylic acids is 1. The standard InChI is InChI=1S/C18H35N3O/c1-15(2)14-20-11-7-17(8-12-20)18(22)19-9-13-21-10-5-4-6-16(21)3/h15-17H,4-14H2,1-3H3,(H,19,22). The lowest BCUT2D eigenvalue weighted by Crippen LogP contribution is -2.45. The number of hydrogen-bond donors (Lipinski definition) is 1. The lowest BCUT2D eigenvalue weighted by Gasteiger charge is -2.34. The van der Waals surface area contributed by atoms with E-state index < -0.39 is 0 Å². The minimum atomic E-state index is 0.238. The number of carbonyl (C=O) groups is 1. The molecule has 1 atom stereocenters. The molecule has 2 heterocycles. The lowest BCUT2D eigenvalue weighted by atomic mass is 9.95. The highest BCUT2D eigenvalue weighted by Crippen LogP contribution is 2.18. The van der Waals surface area contributed by atoms with Crippen LogP contribution in [-0.2, 0) is 4.79 Å². The van der Waals surface area contributed by atoms with Crippen molar-refractivity contribution in [2.24, 2.45) is 11.8 Å². The summed E-state index contributed by atoms with van der Waals surface area (Å²) in [6.45, 7) is 13.2. The second-order valence-electron chi connectivity index (χ2n) is 7.64. The zero-order valence-electron chi connectivity index (χ0n) is 14.8. The van der Waals surface area contributed by atoms with E-state index >= 15 is 0 Å². The van der Waals surface area contributed by atoms with Crippen LogP contribution in [0.1, 0.15) is 52.9 Å². The highest BCUT2D eigenvalue weighted by Gasteiger charge is 2.25. The topological polar surface area (TPSA) is 35.6 Å². The number of nitrogens with one attached hydrogen (secondary N) is 1. The van der Waals surface area contributed by atoms with Crippen molar-refractivity contribution in [3.05, 3.63) is 0 Å². The van der Waals surface area contributed by atoms with Crippen molar-refractivity contribution in [3.8, 4) is 0 Å². The van der Waals surface area contributed by atoms with Crippen LogP contribution >= 0.6 is 0 Å². The molecule has 4 heteroatoms. The lowest BCUT2D eigenvalue weighted by molar-refractivity contribution is -0.126. The third kappa shape index (κ3) is 5.54. The van der Waals surface area contributed by atoms with Gasteiger partial charge in [0, 0.05) is 31.6 Å². The van der Waals surface area contributed by atoms with E-state index in [9.17, 15) is 4.79 Å². The summed E-state index contributed by atoms with van der Waals surface area (Å²) in [6, 6.07) is 0.685. The van der Waals surface area contributed by atoms with Crippen molar-refractivity contribution in [3.63, 3.8) is 0 Å². The Kier molecular flexibility index (Phi) is 7.16. The molecule has 2 saturated heterocycles. The average molecular weight is 309 g/mol. The second-order valence-corrected chi connectivity index (χ2v) is 7.64. The quantitative estimate of drug-likeness (QED) is 0.818. The van der Waals surface area contributed by atoms with Gasteiger partial charge in [0.25, 0.3) is 0 Å². The number of amides is 1. The third-order valence-corrected chi connectivity index (χ3v) is 5.22. The van der Waals surface area contributed by atoms with Crippen molar-refractivity contribution < 1.29 is 4.79 Å². The molecule has 1 N–H and O–H groups in total. The summed E-state index contributed by atoms with van der Waals surface area (Å²) in [5.74, 6) is 1.24. The van der Waals surface area contributed by atoms with Gasteiger partial charge in [0.2, 0.25) is 5.91 Å². The van der Waals surface area contributed by atoms with Crippen molar-refractivity contribution in [1.29, 1.82) is 0 Å². The van der Waals surface area contributed by atoms with Gasteiger partial charge in [0.05, 0.1) is 0 Å². The molecule has 0 aromatic carbocycles. The first-order valence-electron chi connectivity index (χ1n) is 9.30. The summed E-state index contributed by atoms with van der Waals surface area (Å²) in [4.78, 5) is 17.3. The van der Waals surface area contributed by atoms with E-state index in [-0.39, 0.29) is 11.8 Å². The van der Waals surface area contributed by atoms with Crippen LogP contribution in [0.2, 0.25) is 0 Å². The fourth-order valence-electron chi connectivity index (χ4n) is 3.85. The monoisotopic (exact) mass is 309 g/mol. The van der Waals surface area contributed by atoms with Crippen molar-refractivity contribution in [2.75, 3.05) is 39.3 Å². The molecule has 0 saturated carbocycles. The van der Waals surface area contributed by atoms with Gasteiger partial charge in [-0.25, -0.2) is 0 Å². The van der Waals surface area contributed by atoms with E-state index in [1.54, 1.807) is 0 Å². The van der Waals surface area contributed by atoms with Crippen LogP contribution in [0.4, 0.5) is 0 Å². The molecule has 2 rings (SSSR count). The van der Waals surface area contributed by atoms with Gasteiger partial charge < -0.3 is 10.2 Å². The molecular weight excluding hydrogens is 274 g/mol. The Morgan fingerprint density at radius 3 is 2.50 bits per heavy atom. The van der Waals surface area contributed by atoms with Crippen LogP contribution < -0.4 is 5.32 Å². The van der Waals surface area contributed by atoms with Crippen LogP contribution in [-0.4, -0.2) is 61.0 Å². The number of hydrogen-bond acceptors (Lipinski definition) is 3. The zero-order valence-corrected chi connectivity index (χ0v) is 14.8. The Hall–Kier alpha value is -0.610. The van der Waals surface area contributed by atoms with Gasteiger partial charge in [-0.1, -0.05) is 20.3 Å². The molecule has 0 radical (unpaired) electrons. The van der Waals surface area contributed by atoms with Gasteiger partial charge in [-0.3, -0.25) is 9.69 Å². The number of rotatable bonds is 6. The molecule has 1 unspecified atom stereocenters. The molecule has 4 nitrogen and oxygen atoms in total. The molecule has 2 fully saturated rings. The van der Waals surface area contributed by atoms with Gasteiger partial charge in [-0.15, -0.1) is 0 Å². The molecule has 0 spiro atoms. The second kappa shape index (κ2) is 8.88. The predicted molar refractivity (Wildman–Crippen MR) is 91.9 cm³/mol. The van der Waals surface area contributed by atoms with Gasteiger partial charge in [-0.2, -0.15) is 0 Å².